The Kier molecular flexibility index (Phi) is 3.93. The highest BCUT2D eigenvalue weighted by molar-refractivity contribution is 7.99. The molecular weight excluding hydrogens is 240 g/mol. The first-order chi connectivity index (χ1) is 8.79. The van der Waals surface area contributed by atoms with Gasteiger partial charge in [0.25, 0.3) is 0 Å². The summed E-state index contributed by atoms with van der Waals surface area (Å²) in [7, 11) is 0. The Hall–Kier alpha value is 0.270. The molecule has 18 heavy (non-hydrogen) atoms. The molecule has 0 aromatic heterocycles. The third-order valence-electron chi connectivity index (χ3n) is 5.97. The first-order valence-electron chi connectivity index (χ1n) is 7.82. The molecule has 2 saturated carbocycles. The first kappa shape index (κ1) is 13.3. The van der Waals surface area contributed by atoms with E-state index in [0.29, 0.717) is 5.54 Å². The van der Waals surface area contributed by atoms with Crippen LogP contribution in [0.15, 0.2) is 0 Å². The van der Waals surface area contributed by atoms with Gasteiger partial charge < -0.3 is 5.73 Å². The molecule has 2 aliphatic carbocycles. The van der Waals surface area contributed by atoms with Crippen molar-refractivity contribution in [1.82, 2.24) is 4.90 Å². The Morgan fingerprint density at radius 2 is 1.50 bits per heavy atom. The van der Waals surface area contributed by atoms with E-state index in [-0.39, 0.29) is 0 Å². The van der Waals surface area contributed by atoms with Gasteiger partial charge in [-0.25, -0.2) is 0 Å². The average molecular weight is 268 g/mol. The van der Waals surface area contributed by atoms with Gasteiger partial charge in [0.2, 0.25) is 0 Å². The maximum atomic E-state index is 6.21. The van der Waals surface area contributed by atoms with Crippen molar-refractivity contribution >= 4 is 11.8 Å². The number of rotatable bonds is 2. The maximum Gasteiger partial charge on any atom is 0.0332 e. The monoisotopic (exact) mass is 268 g/mol. The topological polar surface area (TPSA) is 29.3 Å². The number of hydrogen-bond donors (Lipinski definition) is 1. The van der Waals surface area contributed by atoms with Crippen LogP contribution < -0.4 is 5.73 Å². The van der Waals surface area contributed by atoms with E-state index in [1.54, 1.807) is 0 Å². The molecule has 0 aromatic rings. The number of nitrogens with two attached hydrogens (primary N) is 1. The Morgan fingerprint density at radius 1 is 0.889 bits per heavy atom. The second-order valence-electron chi connectivity index (χ2n) is 6.73. The lowest BCUT2D eigenvalue weighted by molar-refractivity contribution is 0.0200. The standard InChI is InChI=1S/C15H28N2S/c16-13-15(17-9-11-18-12-10-17)7-5-14(6-8-15)3-1-2-4-14/h1-13,16H2. The first-order valence-corrected chi connectivity index (χ1v) is 8.97. The lowest BCUT2D eigenvalue weighted by Gasteiger charge is -2.51. The molecule has 1 saturated heterocycles. The quantitative estimate of drug-likeness (QED) is 0.835. The zero-order valence-electron chi connectivity index (χ0n) is 11.6. The fraction of sp³-hybridized carbons (Fsp3) is 1.00. The summed E-state index contributed by atoms with van der Waals surface area (Å²) in [6.07, 6.45) is 11.6. The summed E-state index contributed by atoms with van der Waals surface area (Å²) in [6.45, 7) is 3.43. The predicted molar refractivity (Wildman–Crippen MR) is 80.1 cm³/mol. The lowest BCUT2D eigenvalue weighted by atomic mass is 9.66. The molecule has 0 unspecified atom stereocenters. The predicted octanol–water partition coefficient (Wildman–Crippen LogP) is 2.87. The minimum atomic E-state index is 0.370. The highest BCUT2D eigenvalue weighted by Crippen LogP contribution is 2.52. The van der Waals surface area contributed by atoms with Gasteiger partial charge in [-0.3, -0.25) is 4.90 Å². The summed E-state index contributed by atoms with van der Waals surface area (Å²) in [5.41, 5.74) is 7.32. The third-order valence-corrected chi connectivity index (χ3v) is 6.91. The van der Waals surface area contributed by atoms with E-state index >= 15 is 0 Å². The summed E-state index contributed by atoms with van der Waals surface area (Å²) < 4.78 is 0. The van der Waals surface area contributed by atoms with Crippen LogP contribution in [-0.2, 0) is 0 Å². The van der Waals surface area contributed by atoms with Crippen molar-refractivity contribution in [2.24, 2.45) is 11.1 Å². The molecule has 0 radical (unpaired) electrons. The van der Waals surface area contributed by atoms with Crippen LogP contribution in [0.4, 0.5) is 0 Å². The minimum Gasteiger partial charge on any atom is -0.329 e. The molecule has 3 heteroatoms. The second-order valence-corrected chi connectivity index (χ2v) is 7.96. The lowest BCUT2D eigenvalue weighted by Crippen LogP contribution is -2.58. The van der Waals surface area contributed by atoms with E-state index in [0.717, 1.165) is 12.0 Å². The normalized spacial score (nSPS) is 31.8. The van der Waals surface area contributed by atoms with Crippen molar-refractivity contribution in [1.29, 1.82) is 0 Å². The van der Waals surface area contributed by atoms with Crippen LogP contribution in [0, 0.1) is 5.41 Å². The van der Waals surface area contributed by atoms with Crippen LogP contribution in [0.1, 0.15) is 51.4 Å². The van der Waals surface area contributed by atoms with E-state index in [2.05, 4.69) is 16.7 Å². The molecule has 3 rings (SSSR count). The SMILES string of the molecule is NCC1(N2CCSCC2)CCC2(CCCC2)CC1. The highest BCUT2D eigenvalue weighted by Gasteiger charge is 2.45. The molecule has 1 spiro atoms. The van der Waals surface area contributed by atoms with E-state index in [1.807, 2.05) is 0 Å². The van der Waals surface area contributed by atoms with E-state index in [9.17, 15) is 0 Å². The van der Waals surface area contributed by atoms with Gasteiger partial charge in [-0.1, -0.05) is 12.8 Å². The third kappa shape index (κ3) is 2.34. The molecule has 3 aliphatic rings. The van der Waals surface area contributed by atoms with E-state index in [1.165, 1.54) is 76.0 Å². The van der Waals surface area contributed by atoms with Crippen molar-refractivity contribution < 1.29 is 0 Å². The number of hydrogen-bond acceptors (Lipinski definition) is 3. The second kappa shape index (κ2) is 5.34. The maximum absolute atomic E-state index is 6.21. The van der Waals surface area contributed by atoms with Crippen molar-refractivity contribution in [3.05, 3.63) is 0 Å². The zero-order chi connectivity index (χ0) is 12.5. The van der Waals surface area contributed by atoms with Gasteiger partial charge in [0.1, 0.15) is 0 Å². The van der Waals surface area contributed by atoms with Crippen molar-refractivity contribution in [3.63, 3.8) is 0 Å². The molecular formula is C15H28N2S. The van der Waals surface area contributed by atoms with Crippen LogP contribution in [0.5, 0.6) is 0 Å². The zero-order valence-corrected chi connectivity index (χ0v) is 12.4. The summed E-state index contributed by atoms with van der Waals surface area (Å²) in [5.74, 6) is 2.62. The molecule has 0 bridgehead atoms. The van der Waals surface area contributed by atoms with Crippen LogP contribution in [0.25, 0.3) is 0 Å². The number of thioether (sulfide) groups is 1. The molecule has 1 aliphatic heterocycles. The fourth-order valence-corrected chi connectivity index (χ4v) is 5.46. The summed E-state index contributed by atoms with van der Waals surface area (Å²) in [5, 5.41) is 0. The molecule has 0 amide bonds. The summed E-state index contributed by atoms with van der Waals surface area (Å²) in [4.78, 5) is 2.74. The van der Waals surface area contributed by atoms with Crippen molar-refractivity contribution in [2.45, 2.75) is 56.9 Å². The Morgan fingerprint density at radius 3 is 2.06 bits per heavy atom. The molecule has 3 fully saturated rings. The smallest absolute Gasteiger partial charge is 0.0332 e. The van der Waals surface area contributed by atoms with Gasteiger partial charge in [-0.05, 0) is 43.9 Å². The van der Waals surface area contributed by atoms with Crippen LogP contribution in [0.2, 0.25) is 0 Å². The average Bonchev–Trinajstić information content (AvgIpc) is 2.90. The van der Waals surface area contributed by atoms with Crippen molar-refractivity contribution in [3.8, 4) is 0 Å². The Balaban J connectivity index is 1.66. The fourth-order valence-electron chi connectivity index (χ4n) is 4.56. The minimum absolute atomic E-state index is 0.370. The molecule has 1 heterocycles. The van der Waals surface area contributed by atoms with Crippen molar-refractivity contribution in [2.75, 3.05) is 31.1 Å². The van der Waals surface area contributed by atoms with Gasteiger partial charge in [-0.2, -0.15) is 11.8 Å². The Bertz CT molecular complexity index is 270. The van der Waals surface area contributed by atoms with Gasteiger partial charge in [-0.15, -0.1) is 0 Å². The van der Waals surface area contributed by atoms with Crippen LogP contribution >= 0.6 is 11.8 Å². The largest absolute Gasteiger partial charge is 0.329 e. The van der Waals surface area contributed by atoms with Gasteiger partial charge in [0, 0.05) is 36.7 Å². The Labute approximate surface area is 116 Å². The van der Waals surface area contributed by atoms with Crippen LogP contribution in [-0.4, -0.2) is 41.6 Å². The highest BCUT2D eigenvalue weighted by atomic mass is 32.2. The van der Waals surface area contributed by atoms with E-state index in [4.69, 9.17) is 5.73 Å². The summed E-state index contributed by atoms with van der Waals surface area (Å²) >= 11 is 2.11. The molecule has 2 N–H and O–H groups in total. The molecule has 104 valence electrons. The van der Waals surface area contributed by atoms with Gasteiger partial charge in [0.15, 0.2) is 0 Å². The molecule has 0 atom stereocenters. The van der Waals surface area contributed by atoms with Crippen LogP contribution in [0.3, 0.4) is 0 Å². The van der Waals surface area contributed by atoms with Gasteiger partial charge >= 0.3 is 0 Å². The van der Waals surface area contributed by atoms with E-state index < -0.39 is 0 Å². The molecule has 0 aromatic carbocycles. The molecule has 2 nitrogen and oxygen atoms in total. The number of nitrogens with zero attached hydrogens (tertiary/aromatic N) is 1. The summed E-state index contributed by atoms with van der Waals surface area (Å²) in [6, 6.07) is 0. The van der Waals surface area contributed by atoms with Gasteiger partial charge in [0.05, 0.1) is 0 Å².